The average molecular weight is 321 g/mol. The van der Waals surface area contributed by atoms with Gasteiger partial charge in [0.15, 0.2) is 0 Å². The van der Waals surface area contributed by atoms with Crippen LogP contribution in [0.15, 0.2) is 55.0 Å². The molecule has 0 saturated carbocycles. The average Bonchev–Trinajstić information content (AvgIpc) is 2.61. The molecule has 2 aromatic heterocycles. The van der Waals surface area contributed by atoms with E-state index in [0.29, 0.717) is 11.3 Å². The molecule has 2 amide bonds. The van der Waals surface area contributed by atoms with Gasteiger partial charge in [-0.3, -0.25) is 19.6 Å². The zero-order valence-corrected chi connectivity index (χ0v) is 12.7. The molecule has 3 aromatic rings. The van der Waals surface area contributed by atoms with E-state index in [1.165, 1.54) is 6.20 Å². The first kappa shape index (κ1) is 15.5. The van der Waals surface area contributed by atoms with Crippen molar-refractivity contribution in [2.75, 3.05) is 0 Å². The van der Waals surface area contributed by atoms with Crippen LogP contribution < -0.4 is 11.1 Å². The summed E-state index contributed by atoms with van der Waals surface area (Å²) in [4.78, 5) is 36.5. The smallest absolute Gasteiger partial charge is 0.253 e. The first-order valence-corrected chi connectivity index (χ1v) is 7.34. The van der Waals surface area contributed by atoms with Gasteiger partial charge in [-0.15, -0.1) is 0 Å². The van der Waals surface area contributed by atoms with Crippen molar-refractivity contribution in [1.29, 1.82) is 0 Å². The molecule has 2 heterocycles. The minimum atomic E-state index is -0.881. The quantitative estimate of drug-likeness (QED) is 0.724. The summed E-state index contributed by atoms with van der Waals surface area (Å²) in [5.74, 6) is -1.05. The summed E-state index contributed by atoms with van der Waals surface area (Å²) in [7, 11) is 0. The Hall–Kier alpha value is -3.35. The fourth-order valence-corrected chi connectivity index (χ4v) is 2.26. The molecular weight excluding hydrogens is 306 g/mol. The monoisotopic (exact) mass is 321 g/mol. The van der Waals surface area contributed by atoms with Gasteiger partial charge in [0.05, 0.1) is 22.3 Å². The summed E-state index contributed by atoms with van der Waals surface area (Å²) < 4.78 is 0. The molecule has 24 heavy (non-hydrogen) atoms. The molecule has 0 aliphatic rings. The van der Waals surface area contributed by atoms with Gasteiger partial charge >= 0.3 is 0 Å². The lowest BCUT2D eigenvalue weighted by Crippen LogP contribution is -2.46. The van der Waals surface area contributed by atoms with Crippen LogP contribution >= 0.6 is 0 Å². The van der Waals surface area contributed by atoms with E-state index in [1.54, 1.807) is 24.5 Å². The molecule has 0 bridgehead atoms. The van der Waals surface area contributed by atoms with Gasteiger partial charge in [0.1, 0.15) is 6.04 Å². The molecule has 1 atom stereocenters. The fourth-order valence-electron chi connectivity index (χ4n) is 2.26. The van der Waals surface area contributed by atoms with Gasteiger partial charge in [-0.2, -0.15) is 0 Å². The lowest BCUT2D eigenvalue weighted by atomic mass is 10.1. The normalized spacial score (nSPS) is 11.8. The molecule has 1 aromatic carbocycles. The lowest BCUT2D eigenvalue weighted by molar-refractivity contribution is -0.119. The number of nitrogens with two attached hydrogens (primary N) is 1. The number of hydrogen-bond acceptors (Lipinski definition) is 5. The Morgan fingerprint density at radius 3 is 2.58 bits per heavy atom. The van der Waals surface area contributed by atoms with Crippen molar-refractivity contribution in [1.82, 2.24) is 20.3 Å². The van der Waals surface area contributed by atoms with Crippen molar-refractivity contribution < 1.29 is 9.59 Å². The van der Waals surface area contributed by atoms with Gasteiger partial charge < -0.3 is 11.1 Å². The Morgan fingerprint density at radius 2 is 1.88 bits per heavy atom. The number of nitrogens with zero attached hydrogens (tertiary/aromatic N) is 3. The van der Waals surface area contributed by atoms with E-state index in [0.717, 1.165) is 11.0 Å². The number of para-hydroxylation sites is 2. The third kappa shape index (κ3) is 3.52. The van der Waals surface area contributed by atoms with Crippen LogP contribution in [-0.2, 0) is 11.2 Å². The van der Waals surface area contributed by atoms with E-state index in [4.69, 9.17) is 5.73 Å². The number of rotatable bonds is 5. The molecule has 0 radical (unpaired) electrons. The number of carbonyl (C=O) groups excluding carboxylic acids is 2. The van der Waals surface area contributed by atoms with Crippen LogP contribution in [0, 0.1) is 0 Å². The van der Waals surface area contributed by atoms with E-state index < -0.39 is 17.9 Å². The summed E-state index contributed by atoms with van der Waals surface area (Å²) in [5.41, 5.74) is 7.81. The largest absolute Gasteiger partial charge is 0.368 e. The third-order valence-corrected chi connectivity index (χ3v) is 3.48. The molecule has 7 nitrogen and oxygen atoms in total. The maximum atomic E-state index is 12.2. The molecule has 0 fully saturated rings. The Kier molecular flexibility index (Phi) is 4.42. The summed E-state index contributed by atoms with van der Waals surface area (Å²) in [5, 5.41) is 2.61. The van der Waals surface area contributed by atoms with Crippen molar-refractivity contribution in [2.45, 2.75) is 12.5 Å². The highest BCUT2D eigenvalue weighted by atomic mass is 16.2. The summed E-state index contributed by atoms with van der Waals surface area (Å²) >= 11 is 0. The maximum Gasteiger partial charge on any atom is 0.253 e. The van der Waals surface area contributed by atoms with Gasteiger partial charge in [-0.05, 0) is 24.3 Å². The maximum absolute atomic E-state index is 12.2. The van der Waals surface area contributed by atoms with Gasteiger partial charge in [0.2, 0.25) is 5.91 Å². The van der Waals surface area contributed by atoms with Crippen LogP contribution in [0.3, 0.4) is 0 Å². The SMILES string of the molecule is NC(=O)[C@H](Cc1cnc2ccccc2n1)NC(=O)c1cccnc1. The number of benzene rings is 1. The minimum Gasteiger partial charge on any atom is -0.368 e. The summed E-state index contributed by atoms with van der Waals surface area (Å²) in [6.07, 6.45) is 4.73. The van der Waals surface area contributed by atoms with Crippen molar-refractivity contribution in [2.24, 2.45) is 5.73 Å². The zero-order valence-electron chi connectivity index (χ0n) is 12.7. The number of nitrogens with one attached hydrogen (secondary N) is 1. The van der Waals surface area contributed by atoms with E-state index in [9.17, 15) is 9.59 Å². The molecule has 0 aliphatic carbocycles. The highest BCUT2D eigenvalue weighted by molar-refractivity contribution is 5.97. The van der Waals surface area contributed by atoms with Gasteiger partial charge in [-0.25, -0.2) is 4.98 Å². The Morgan fingerprint density at radius 1 is 1.08 bits per heavy atom. The van der Waals surface area contributed by atoms with Crippen LogP contribution in [0.25, 0.3) is 11.0 Å². The van der Waals surface area contributed by atoms with Crippen LogP contribution in [-0.4, -0.2) is 32.8 Å². The molecule has 3 rings (SSSR count). The number of carbonyl (C=O) groups is 2. The van der Waals surface area contributed by atoms with Gasteiger partial charge in [0.25, 0.3) is 5.91 Å². The first-order valence-electron chi connectivity index (χ1n) is 7.34. The Balaban J connectivity index is 1.78. The first-order chi connectivity index (χ1) is 11.6. The second-order valence-electron chi connectivity index (χ2n) is 5.22. The topological polar surface area (TPSA) is 111 Å². The van der Waals surface area contributed by atoms with Crippen LogP contribution in [0.2, 0.25) is 0 Å². The summed E-state index contributed by atoms with van der Waals surface area (Å²) in [6.45, 7) is 0. The third-order valence-electron chi connectivity index (χ3n) is 3.48. The second-order valence-corrected chi connectivity index (χ2v) is 5.22. The number of primary amides is 1. The van der Waals surface area contributed by atoms with E-state index >= 15 is 0 Å². The number of fused-ring (bicyclic) bond motifs is 1. The lowest BCUT2D eigenvalue weighted by Gasteiger charge is -2.15. The predicted molar refractivity (Wildman–Crippen MR) is 87.9 cm³/mol. The molecular formula is C17H15N5O2. The second kappa shape index (κ2) is 6.82. The van der Waals surface area contributed by atoms with Crippen LogP contribution in [0.1, 0.15) is 16.1 Å². The predicted octanol–water partition coefficient (Wildman–Crippen LogP) is 0.851. The summed E-state index contributed by atoms with van der Waals surface area (Å²) in [6, 6.07) is 9.78. The molecule has 120 valence electrons. The van der Waals surface area contributed by atoms with E-state index in [2.05, 4.69) is 20.3 Å². The fraction of sp³-hybridized carbons (Fsp3) is 0.118. The van der Waals surface area contributed by atoms with Gasteiger partial charge in [0, 0.05) is 25.0 Å². The number of pyridine rings is 1. The minimum absolute atomic E-state index is 0.166. The molecule has 0 unspecified atom stereocenters. The van der Waals surface area contributed by atoms with Crippen LogP contribution in [0.5, 0.6) is 0 Å². The van der Waals surface area contributed by atoms with Crippen molar-refractivity contribution >= 4 is 22.8 Å². The number of amides is 2. The zero-order chi connectivity index (χ0) is 16.9. The van der Waals surface area contributed by atoms with Crippen molar-refractivity contribution in [3.8, 4) is 0 Å². The molecule has 0 spiro atoms. The van der Waals surface area contributed by atoms with Crippen molar-refractivity contribution in [3.63, 3.8) is 0 Å². The molecule has 7 heteroatoms. The molecule has 3 N–H and O–H groups in total. The highest BCUT2D eigenvalue weighted by Crippen LogP contribution is 2.10. The van der Waals surface area contributed by atoms with Crippen LogP contribution in [0.4, 0.5) is 0 Å². The molecule has 0 saturated heterocycles. The Bertz CT molecular complexity index is 882. The van der Waals surface area contributed by atoms with E-state index in [-0.39, 0.29) is 6.42 Å². The highest BCUT2D eigenvalue weighted by Gasteiger charge is 2.20. The van der Waals surface area contributed by atoms with Crippen molar-refractivity contribution in [3.05, 3.63) is 66.2 Å². The molecule has 0 aliphatic heterocycles. The van der Waals surface area contributed by atoms with E-state index in [1.807, 2.05) is 24.3 Å². The van der Waals surface area contributed by atoms with Gasteiger partial charge in [-0.1, -0.05) is 12.1 Å². The standard InChI is InChI=1S/C17H15N5O2/c18-16(23)15(22-17(24)11-4-3-7-19-9-11)8-12-10-20-13-5-1-2-6-14(13)21-12/h1-7,9-10,15H,8H2,(H2,18,23)(H,22,24)/t15-/m0/s1. The number of hydrogen-bond donors (Lipinski definition) is 2. The number of aromatic nitrogens is 3. The Labute approximate surface area is 138 Å².